The molecule has 0 amide bonds. The largest absolute Gasteiger partial charge is 0.386 e. The fourth-order valence-corrected chi connectivity index (χ4v) is 1.72. The Kier molecular flexibility index (Phi) is 2.69. The van der Waals surface area contributed by atoms with Gasteiger partial charge < -0.3 is 5.11 Å². The van der Waals surface area contributed by atoms with Crippen molar-refractivity contribution >= 4 is 11.6 Å². The molecule has 1 N–H and O–H groups in total. The topological polar surface area (TPSA) is 20.2 Å². The van der Waals surface area contributed by atoms with Gasteiger partial charge in [0.1, 0.15) is 0 Å². The molecule has 0 aromatic heterocycles. The van der Waals surface area contributed by atoms with E-state index in [4.69, 9.17) is 11.6 Å². The van der Waals surface area contributed by atoms with E-state index in [9.17, 15) is 5.11 Å². The smallest absolute Gasteiger partial charge is 0.0843 e. The van der Waals surface area contributed by atoms with Crippen molar-refractivity contribution in [3.05, 3.63) is 33.8 Å². The van der Waals surface area contributed by atoms with Crippen molar-refractivity contribution in [2.24, 2.45) is 0 Å². The van der Waals surface area contributed by atoms with Crippen molar-refractivity contribution in [3.8, 4) is 0 Å². The van der Waals surface area contributed by atoms with Crippen LogP contribution in [0, 0.1) is 13.8 Å². The molecule has 0 radical (unpaired) electrons. The van der Waals surface area contributed by atoms with E-state index < -0.39 is 5.60 Å². The lowest BCUT2D eigenvalue weighted by Crippen LogP contribution is -2.17. The van der Waals surface area contributed by atoms with Crippen LogP contribution in [0.3, 0.4) is 0 Å². The molecule has 2 heteroatoms. The molecule has 0 unspecified atom stereocenters. The van der Waals surface area contributed by atoms with Gasteiger partial charge in [-0.05, 0) is 50.5 Å². The van der Waals surface area contributed by atoms with Gasteiger partial charge in [-0.2, -0.15) is 0 Å². The molecule has 0 fully saturated rings. The van der Waals surface area contributed by atoms with Crippen molar-refractivity contribution in [2.75, 3.05) is 0 Å². The lowest BCUT2D eigenvalue weighted by molar-refractivity contribution is 0.0779. The number of halogens is 1. The molecule has 0 aliphatic carbocycles. The average Bonchev–Trinajstić information content (AvgIpc) is 1.94. The molecule has 0 aliphatic heterocycles. The Balaban J connectivity index is 3.37. The summed E-state index contributed by atoms with van der Waals surface area (Å²) < 4.78 is 0. The molecule has 13 heavy (non-hydrogen) atoms. The second kappa shape index (κ2) is 3.32. The highest BCUT2D eigenvalue weighted by atomic mass is 35.5. The number of aryl methyl sites for hydroxylation is 1. The normalized spacial score (nSPS) is 11.8. The number of aliphatic hydroxyl groups is 1. The molecule has 0 bridgehead atoms. The van der Waals surface area contributed by atoms with Crippen LogP contribution in [0.2, 0.25) is 5.02 Å². The maximum Gasteiger partial charge on any atom is 0.0843 e. The summed E-state index contributed by atoms with van der Waals surface area (Å²) in [6.45, 7) is 7.44. The number of rotatable bonds is 1. The predicted octanol–water partition coefficient (Wildman–Crippen LogP) is 3.18. The van der Waals surface area contributed by atoms with Crippen LogP contribution in [0.15, 0.2) is 12.1 Å². The summed E-state index contributed by atoms with van der Waals surface area (Å²) >= 11 is 6.01. The maximum atomic E-state index is 9.86. The maximum absolute atomic E-state index is 9.86. The van der Waals surface area contributed by atoms with Crippen molar-refractivity contribution in [1.82, 2.24) is 0 Å². The van der Waals surface area contributed by atoms with Gasteiger partial charge >= 0.3 is 0 Å². The van der Waals surface area contributed by atoms with Gasteiger partial charge in [-0.25, -0.2) is 0 Å². The summed E-state index contributed by atoms with van der Waals surface area (Å²) in [7, 11) is 0. The number of hydrogen-bond acceptors (Lipinski definition) is 1. The number of benzene rings is 1. The third-order valence-corrected chi connectivity index (χ3v) is 2.54. The molecule has 1 aromatic carbocycles. The highest BCUT2D eigenvalue weighted by molar-refractivity contribution is 6.31. The standard InChI is InChI=1S/C11H15ClO/c1-7-5-9(11(3,4)13)8(2)10(12)6-7/h5-6,13H,1-4H3. The lowest BCUT2D eigenvalue weighted by Gasteiger charge is -2.21. The molecule has 1 rings (SSSR count). The Hall–Kier alpha value is -0.530. The summed E-state index contributed by atoms with van der Waals surface area (Å²) in [6, 6.07) is 3.88. The predicted molar refractivity (Wildman–Crippen MR) is 56.2 cm³/mol. The lowest BCUT2D eigenvalue weighted by atomic mass is 9.92. The van der Waals surface area contributed by atoms with E-state index in [1.807, 2.05) is 26.0 Å². The van der Waals surface area contributed by atoms with Crippen LogP contribution in [0.25, 0.3) is 0 Å². The third kappa shape index (κ3) is 2.23. The van der Waals surface area contributed by atoms with Gasteiger partial charge in [0, 0.05) is 5.02 Å². The first-order chi connectivity index (χ1) is 5.82. The van der Waals surface area contributed by atoms with Gasteiger partial charge in [-0.15, -0.1) is 0 Å². The summed E-state index contributed by atoms with van der Waals surface area (Å²) in [5.74, 6) is 0. The van der Waals surface area contributed by atoms with Crippen LogP contribution in [0.4, 0.5) is 0 Å². The second-order valence-electron chi connectivity index (χ2n) is 3.98. The Morgan fingerprint density at radius 2 is 1.77 bits per heavy atom. The van der Waals surface area contributed by atoms with Crippen LogP contribution in [0.5, 0.6) is 0 Å². The van der Waals surface area contributed by atoms with Crippen LogP contribution in [-0.2, 0) is 5.60 Å². The van der Waals surface area contributed by atoms with Crippen LogP contribution in [-0.4, -0.2) is 5.11 Å². The molecule has 0 saturated carbocycles. The molecule has 0 spiro atoms. The zero-order valence-electron chi connectivity index (χ0n) is 8.48. The van der Waals surface area contributed by atoms with Crippen molar-refractivity contribution < 1.29 is 5.11 Å². The molecule has 0 atom stereocenters. The molecular formula is C11H15ClO. The van der Waals surface area contributed by atoms with Crippen LogP contribution < -0.4 is 0 Å². The molecule has 1 aromatic rings. The first kappa shape index (κ1) is 10.6. The van der Waals surface area contributed by atoms with E-state index in [-0.39, 0.29) is 0 Å². The number of hydrogen-bond donors (Lipinski definition) is 1. The van der Waals surface area contributed by atoms with Gasteiger partial charge in [-0.1, -0.05) is 17.7 Å². The van der Waals surface area contributed by atoms with E-state index in [2.05, 4.69) is 0 Å². The quantitative estimate of drug-likeness (QED) is 0.735. The van der Waals surface area contributed by atoms with E-state index in [1.165, 1.54) is 0 Å². The fourth-order valence-electron chi connectivity index (χ4n) is 1.45. The van der Waals surface area contributed by atoms with Gasteiger partial charge in [-0.3, -0.25) is 0 Å². The zero-order valence-corrected chi connectivity index (χ0v) is 9.24. The van der Waals surface area contributed by atoms with E-state index in [1.54, 1.807) is 13.8 Å². The minimum atomic E-state index is -0.820. The minimum Gasteiger partial charge on any atom is -0.386 e. The second-order valence-corrected chi connectivity index (χ2v) is 4.39. The first-order valence-electron chi connectivity index (χ1n) is 4.32. The molecule has 1 nitrogen and oxygen atoms in total. The molecular weight excluding hydrogens is 184 g/mol. The fraction of sp³-hybridized carbons (Fsp3) is 0.455. The van der Waals surface area contributed by atoms with Crippen molar-refractivity contribution in [2.45, 2.75) is 33.3 Å². The molecule has 0 saturated heterocycles. The highest BCUT2D eigenvalue weighted by Gasteiger charge is 2.19. The zero-order chi connectivity index (χ0) is 10.2. The average molecular weight is 199 g/mol. The Morgan fingerprint density at radius 1 is 1.23 bits per heavy atom. The van der Waals surface area contributed by atoms with E-state index >= 15 is 0 Å². The van der Waals surface area contributed by atoms with Crippen molar-refractivity contribution in [3.63, 3.8) is 0 Å². The van der Waals surface area contributed by atoms with Gasteiger partial charge in [0.15, 0.2) is 0 Å². The summed E-state index contributed by atoms with van der Waals surface area (Å²) in [4.78, 5) is 0. The summed E-state index contributed by atoms with van der Waals surface area (Å²) in [5, 5.41) is 10.6. The Bertz CT molecular complexity index is 324. The summed E-state index contributed by atoms with van der Waals surface area (Å²) in [5.41, 5.74) is 2.12. The molecule has 0 heterocycles. The summed E-state index contributed by atoms with van der Waals surface area (Å²) in [6.07, 6.45) is 0. The third-order valence-electron chi connectivity index (χ3n) is 2.15. The monoisotopic (exact) mass is 198 g/mol. The van der Waals surface area contributed by atoms with Gasteiger partial charge in [0.05, 0.1) is 5.60 Å². The Labute approximate surface area is 84.4 Å². The van der Waals surface area contributed by atoms with E-state index in [0.717, 1.165) is 21.7 Å². The SMILES string of the molecule is Cc1cc(Cl)c(C)c(C(C)(C)O)c1. The van der Waals surface area contributed by atoms with Gasteiger partial charge in [0.2, 0.25) is 0 Å². The first-order valence-corrected chi connectivity index (χ1v) is 4.70. The van der Waals surface area contributed by atoms with Crippen molar-refractivity contribution in [1.29, 1.82) is 0 Å². The van der Waals surface area contributed by atoms with E-state index in [0.29, 0.717) is 0 Å². The molecule has 0 aliphatic rings. The highest BCUT2D eigenvalue weighted by Crippen LogP contribution is 2.29. The van der Waals surface area contributed by atoms with Crippen LogP contribution >= 0.6 is 11.6 Å². The van der Waals surface area contributed by atoms with Gasteiger partial charge in [0.25, 0.3) is 0 Å². The Morgan fingerprint density at radius 3 is 2.23 bits per heavy atom. The van der Waals surface area contributed by atoms with Crippen LogP contribution in [0.1, 0.15) is 30.5 Å². The minimum absolute atomic E-state index is 0.720. The molecule has 72 valence electrons.